The van der Waals surface area contributed by atoms with Crippen molar-refractivity contribution in [2.24, 2.45) is 23.2 Å². The van der Waals surface area contributed by atoms with E-state index in [2.05, 4.69) is 65.8 Å². The van der Waals surface area contributed by atoms with E-state index < -0.39 is 0 Å². The number of hydrogen-bond acceptors (Lipinski definition) is 1. The molecule has 148 valence electrons. The highest BCUT2D eigenvalue weighted by Gasteiger charge is 2.51. The van der Waals surface area contributed by atoms with Gasteiger partial charge in [-0.05, 0) is 61.5 Å². The third-order valence-electron chi connectivity index (χ3n) is 6.56. The maximum atomic E-state index is 6.91. The van der Waals surface area contributed by atoms with Crippen LogP contribution in [0.1, 0.15) is 85.6 Å². The van der Waals surface area contributed by atoms with Crippen LogP contribution in [-0.2, 0) is 6.42 Å². The molecule has 1 aliphatic rings. The third-order valence-corrected chi connectivity index (χ3v) is 8.32. The van der Waals surface area contributed by atoms with Gasteiger partial charge in [0.05, 0.1) is 15.5 Å². The predicted molar refractivity (Wildman–Crippen MR) is 118 cm³/mol. The molecule has 1 heterocycles. The molecule has 1 atom stereocenters. The fourth-order valence-electron chi connectivity index (χ4n) is 4.49. The largest absolute Gasteiger partial charge is 0.491 e. The zero-order valence-corrected chi connectivity index (χ0v) is 20.4. The van der Waals surface area contributed by atoms with Gasteiger partial charge >= 0.3 is 0 Å². The molecule has 0 aliphatic carbocycles. The fraction of sp³-hybridized carbons (Fsp3) is 0.750. The Labute approximate surface area is 165 Å². The van der Waals surface area contributed by atoms with Gasteiger partial charge in [0.15, 0.2) is 0 Å². The lowest BCUT2D eigenvalue weighted by Gasteiger charge is -2.54. The molecule has 0 spiro atoms. The molecule has 0 fully saturated rings. The van der Waals surface area contributed by atoms with Gasteiger partial charge in [0.25, 0.3) is 0 Å². The predicted octanol–water partition coefficient (Wildman–Crippen LogP) is 5.98. The minimum absolute atomic E-state index is 0.0788. The molecular formula is C24H42OSi. The van der Waals surface area contributed by atoms with Crippen LogP contribution in [0.4, 0.5) is 0 Å². The maximum Gasteiger partial charge on any atom is 0.122 e. The molecule has 26 heavy (non-hydrogen) atoms. The van der Waals surface area contributed by atoms with E-state index in [4.69, 9.17) is 4.74 Å². The van der Waals surface area contributed by atoms with Crippen LogP contribution in [-0.4, -0.2) is 15.5 Å². The van der Waals surface area contributed by atoms with Crippen LogP contribution >= 0.6 is 0 Å². The first-order chi connectivity index (χ1) is 12.2. The zero-order chi connectivity index (χ0) is 19.4. The molecule has 2 rings (SSSR count). The van der Waals surface area contributed by atoms with E-state index in [-0.39, 0.29) is 5.22 Å². The number of rotatable bonds is 9. The van der Waals surface area contributed by atoms with Crippen molar-refractivity contribution in [3.63, 3.8) is 0 Å². The number of fused-ring (bicyclic) bond motifs is 1. The van der Waals surface area contributed by atoms with E-state index in [9.17, 15) is 0 Å². The highest BCUT2D eigenvalue weighted by molar-refractivity contribution is 6.15. The molecule has 0 radical (unpaired) electrons. The van der Waals surface area contributed by atoms with Gasteiger partial charge in [-0.15, -0.1) is 0 Å². The Kier molecular flexibility index (Phi) is 7.41. The summed E-state index contributed by atoms with van der Waals surface area (Å²) in [5.41, 5.74) is 1.76. The Morgan fingerprint density at radius 3 is 1.88 bits per heavy atom. The van der Waals surface area contributed by atoms with Gasteiger partial charge in [0, 0.05) is 5.41 Å². The molecule has 0 N–H and O–H groups in total. The maximum absolute atomic E-state index is 6.91. The second kappa shape index (κ2) is 8.95. The topological polar surface area (TPSA) is 9.23 Å². The number of hydrogen-bond donors (Lipinski definition) is 0. The minimum atomic E-state index is 0.0788. The third kappa shape index (κ3) is 5.15. The number of benzene rings is 1. The van der Waals surface area contributed by atoms with E-state index in [1.54, 1.807) is 0 Å². The molecule has 1 nitrogen and oxygen atoms in total. The molecule has 1 aromatic carbocycles. The van der Waals surface area contributed by atoms with E-state index >= 15 is 0 Å². The van der Waals surface area contributed by atoms with Gasteiger partial charge < -0.3 is 4.74 Å². The van der Waals surface area contributed by atoms with Crippen LogP contribution in [0.2, 0.25) is 0 Å². The van der Waals surface area contributed by atoms with Crippen molar-refractivity contribution in [2.45, 2.75) is 91.7 Å². The molecule has 0 aromatic heterocycles. The van der Waals surface area contributed by atoms with Gasteiger partial charge in [0.2, 0.25) is 0 Å². The SMILES string of the molecule is CC(C)CCC1(CCC(C)C)Cc2ccccc2OC1([SiH3])CCC(C)C. The summed E-state index contributed by atoms with van der Waals surface area (Å²) in [6.45, 7) is 14.2. The van der Waals surface area contributed by atoms with Gasteiger partial charge in [-0.2, -0.15) is 0 Å². The van der Waals surface area contributed by atoms with Gasteiger partial charge in [0.1, 0.15) is 5.75 Å². The average Bonchev–Trinajstić information content (AvgIpc) is 2.57. The molecule has 0 amide bonds. The Morgan fingerprint density at radius 2 is 1.35 bits per heavy atom. The number of para-hydroxylation sites is 1. The summed E-state index contributed by atoms with van der Waals surface area (Å²) in [5.74, 6) is 3.43. The Morgan fingerprint density at radius 1 is 0.846 bits per heavy atom. The van der Waals surface area contributed by atoms with Crippen molar-refractivity contribution in [1.29, 1.82) is 0 Å². The Bertz CT molecular complexity index is 551. The first-order valence-electron chi connectivity index (χ1n) is 10.9. The lowest BCUT2D eigenvalue weighted by molar-refractivity contribution is -0.0387. The smallest absolute Gasteiger partial charge is 0.122 e. The first-order valence-corrected chi connectivity index (χ1v) is 11.9. The molecule has 0 saturated heterocycles. The molecule has 1 aromatic rings. The van der Waals surface area contributed by atoms with Crippen LogP contribution < -0.4 is 4.74 Å². The highest BCUT2D eigenvalue weighted by atomic mass is 28.1. The van der Waals surface area contributed by atoms with Crippen LogP contribution in [0.15, 0.2) is 24.3 Å². The van der Waals surface area contributed by atoms with Crippen molar-refractivity contribution in [3.8, 4) is 5.75 Å². The Balaban J connectivity index is 2.41. The van der Waals surface area contributed by atoms with Gasteiger partial charge in [-0.3, -0.25) is 0 Å². The lowest BCUT2D eigenvalue weighted by Crippen LogP contribution is -2.57. The normalized spacial score (nSPS) is 22.0. The van der Waals surface area contributed by atoms with Gasteiger partial charge in [-0.25, -0.2) is 0 Å². The highest BCUT2D eigenvalue weighted by Crippen LogP contribution is 2.52. The summed E-state index contributed by atoms with van der Waals surface area (Å²) in [4.78, 5) is 0. The summed E-state index contributed by atoms with van der Waals surface area (Å²) < 4.78 is 6.91. The van der Waals surface area contributed by atoms with Crippen LogP contribution in [0.3, 0.4) is 0 Å². The first kappa shape index (κ1) is 21.5. The minimum Gasteiger partial charge on any atom is -0.491 e. The van der Waals surface area contributed by atoms with Crippen molar-refractivity contribution in [1.82, 2.24) is 0 Å². The van der Waals surface area contributed by atoms with Crippen molar-refractivity contribution >= 4 is 10.2 Å². The van der Waals surface area contributed by atoms with E-state index in [0.717, 1.165) is 33.7 Å². The molecular weight excluding hydrogens is 332 g/mol. The average molecular weight is 375 g/mol. The van der Waals surface area contributed by atoms with Gasteiger partial charge in [-0.1, -0.05) is 72.6 Å². The summed E-state index contributed by atoms with van der Waals surface area (Å²) in [6.07, 6.45) is 8.97. The molecule has 1 aliphatic heterocycles. The summed E-state index contributed by atoms with van der Waals surface area (Å²) >= 11 is 0. The zero-order valence-electron chi connectivity index (χ0n) is 18.4. The van der Waals surface area contributed by atoms with Crippen LogP contribution in [0.5, 0.6) is 5.75 Å². The molecule has 2 heteroatoms. The Hall–Kier alpha value is -0.763. The van der Waals surface area contributed by atoms with Crippen LogP contribution in [0.25, 0.3) is 0 Å². The fourth-order valence-corrected chi connectivity index (χ4v) is 5.68. The quantitative estimate of drug-likeness (QED) is 0.483. The van der Waals surface area contributed by atoms with E-state index in [1.165, 1.54) is 50.5 Å². The van der Waals surface area contributed by atoms with Crippen molar-refractivity contribution < 1.29 is 4.74 Å². The lowest BCUT2D eigenvalue weighted by atomic mass is 9.65. The second-order valence-electron chi connectivity index (χ2n) is 10.2. The standard InChI is InChI=1S/C24H42OSi/c1-18(2)11-14-23(15-12-19(3)4)17-21-9-7-8-10-22(21)25-24(23,26)16-13-20(5)6/h7-10,18-20H,11-17H2,1-6,26H3. The monoisotopic (exact) mass is 374 g/mol. The van der Waals surface area contributed by atoms with Crippen molar-refractivity contribution in [3.05, 3.63) is 29.8 Å². The molecule has 0 saturated carbocycles. The summed E-state index contributed by atoms with van der Waals surface area (Å²) in [7, 11) is 1.11. The summed E-state index contributed by atoms with van der Waals surface area (Å²) in [5, 5.41) is 0.0788. The number of ether oxygens (including phenoxy) is 1. The van der Waals surface area contributed by atoms with E-state index in [1.807, 2.05) is 0 Å². The second-order valence-corrected chi connectivity index (χ2v) is 11.8. The van der Waals surface area contributed by atoms with E-state index in [0.29, 0.717) is 5.41 Å². The summed E-state index contributed by atoms with van der Waals surface area (Å²) in [6, 6.07) is 8.83. The molecule has 1 unspecified atom stereocenters. The molecule has 0 bridgehead atoms. The van der Waals surface area contributed by atoms with Crippen LogP contribution in [0, 0.1) is 23.2 Å². The van der Waals surface area contributed by atoms with Crippen molar-refractivity contribution in [2.75, 3.05) is 0 Å².